The van der Waals surface area contributed by atoms with Crippen molar-refractivity contribution in [2.45, 2.75) is 65.0 Å². The fraction of sp³-hybridized carbons (Fsp3) is 0.455. The van der Waals surface area contributed by atoms with E-state index in [1.54, 1.807) is 0 Å². The molecule has 0 unspecified atom stereocenters. The Labute approximate surface area is 165 Å². The van der Waals surface area contributed by atoms with Crippen molar-refractivity contribution >= 4 is 17.6 Å². The van der Waals surface area contributed by atoms with Crippen molar-refractivity contribution in [1.82, 2.24) is 19.5 Å². The van der Waals surface area contributed by atoms with E-state index in [9.17, 15) is 4.79 Å². The van der Waals surface area contributed by atoms with Crippen molar-refractivity contribution in [3.8, 4) is 0 Å². The molecule has 0 aliphatic heterocycles. The summed E-state index contributed by atoms with van der Waals surface area (Å²) in [6.07, 6.45) is 6.53. The quantitative estimate of drug-likeness (QED) is 0.607. The lowest BCUT2D eigenvalue weighted by Crippen LogP contribution is -2.27. The molecule has 1 aliphatic rings. The predicted molar refractivity (Wildman–Crippen MR) is 107 cm³/mol. The van der Waals surface area contributed by atoms with Gasteiger partial charge >= 0.3 is 0 Å². The fourth-order valence-corrected chi connectivity index (χ4v) is 4.33. The van der Waals surface area contributed by atoms with E-state index in [4.69, 9.17) is 14.7 Å². The normalized spacial score (nSPS) is 15.8. The molecule has 3 aromatic rings. The second-order valence-corrected chi connectivity index (χ2v) is 7.69. The number of carbonyl (C=O) groups excluding carboxylic acids is 1. The summed E-state index contributed by atoms with van der Waals surface area (Å²) in [5, 5.41) is 0. The Morgan fingerprint density at radius 2 is 2.00 bits per heavy atom. The smallest absolute Gasteiger partial charge is 0.294 e. The fourth-order valence-electron chi connectivity index (χ4n) is 4.33. The van der Waals surface area contributed by atoms with Crippen LogP contribution in [0.2, 0.25) is 0 Å². The first-order chi connectivity index (χ1) is 13.6. The van der Waals surface area contributed by atoms with Gasteiger partial charge in [-0.25, -0.2) is 9.97 Å². The first-order valence-corrected chi connectivity index (χ1v) is 9.96. The summed E-state index contributed by atoms with van der Waals surface area (Å²) < 4.78 is 7.65. The third kappa shape index (κ3) is 3.17. The lowest BCUT2D eigenvalue weighted by Gasteiger charge is -2.26. The number of imidazole rings is 1. The second-order valence-electron chi connectivity index (χ2n) is 7.69. The molecule has 0 amide bonds. The molecule has 6 heteroatoms. The summed E-state index contributed by atoms with van der Waals surface area (Å²) in [5.74, 6) is 1.02. The third-order valence-corrected chi connectivity index (χ3v) is 5.73. The summed E-state index contributed by atoms with van der Waals surface area (Å²) >= 11 is 0. The SMILES string of the molecule is CCc1nc2c(C)cc(C)nc2n1Cc1ccc(C2(OC=O)CCCC2)nc1. The van der Waals surface area contributed by atoms with Crippen molar-refractivity contribution in [3.63, 3.8) is 0 Å². The van der Waals surface area contributed by atoms with Gasteiger partial charge < -0.3 is 9.30 Å². The highest BCUT2D eigenvalue weighted by Crippen LogP contribution is 2.40. The zero-order chi connectivity index (χ0) is 19.7. The van der Waals surface area contributed by atoms with Gasteiger partial charge in [0.2, 0.25) is 0 Å². The van der Waals surface area contributed by atoms with Crippen LogP contribution in [0.1, 0.15) is 60.9 Å². The molecule has 0 atom stereocenters. The van der Waals surface area contributed by atoms with Crippen molar-refractivity contribution < 1.29 is 9.53 Å². The topological polar surface area (TPSA) is 69.9 Å². The van der Waals surface area contributed by atoms with E-state index in [-0.39, 0.29) is 0 Å². The molecule has 3 heterocycles. The highest BCUT2D eigenvalue weighted by atomic mass is 16.5. The van der Waals surface area contributed by atoms with Crippen LogP contribution in [0.3, 0.4) is 0 Å². The van der Waals surface area contributed by atoms with Crippen LogP contribution in [0.15, 0.2) is 24.4 Å². The molecule has 0 N–H and O–H groups in total. The molecule has 0 spiro atoms. The first kappa shape index (κ1) is 18.6. The molecule has 28 heavy (non-hydrogen) atoms. The minimum absolute atomic E-state index is 0.549. The maximum absolute atomic E-state index is 11.0. The molecule has 1 aliphatic carbocycles. The van der Waals surface area contributed by atoms with Crippen LogP contribution in [0, 0.1) is 13.8 Å². The van der Waals surface area contributed by atoms with Crippen LogP contribution >= 0.6 is 0 Å². The molecule has 146 valence electrons. The molecular weight excluding hydrogens is 352 g/mol. The van der Waals surface area contributed by atoms with Gasteiger partial charge in [0, 0.05) is 18.3 Å². The van der Waals surface area contributed by atoms with E-state index in [0.29, 0.717) is 13.0 Å². The first-order valence-electron chi connectivity index (χ1n) is 9.96. The number of hydrogen-bond acceptors (Lipinski definition) is 5. The van der Waals surface area contributed by atoms with Crippen LogP contribution in [0.25, 0.3) is 11.2 Å². The van der Waals surface area contributed by atoms with Gasteiger partial charge in [-0.15, -0.1) is 0 Å². The number of pyridine rings is 2. The number of nitrogens with zero attached hydrogens (tertiary/aromatic N) is 4. The van der Waals surface area contributed by atoms with Gasteiger partial charge in [-0.2, -0.15) is 0 Å². The Morgan fingerprint density at radius 1 is 1.21 bits per heavy atom. The van der Waals surface area contributed by atoms with Crippen LogP contribution in [0.5, 0.6) is 0 Å². The Bertz CT molecular complexity index is 1000. The van der Waals surface area contributed by atoms with Crippen molar-refractivity contribution in [2.75, 3.05) is 0 Å². The predicted octanol–water partition coefficient (Wildman–Crippen LogP) is 4.00. The minimum Gasteiger partial charge on any atom is -0.455 e. The number of aryl methyl sites for hydroxylation is 3. The summed E-state index contributed by atoms with van der Waals surface area (Å²) in [4.78, 5) is 25.2. The van der Waals surface area contributed by atoms with E-state index in [0.717, 1.165) is 71.6 Å². The number of fused-ring (bicyclic) bond motifs is 1. The van der Waals surface area contributed by atoms with Gasteiger partial charge in [-0.05, 0) is 62.8 Å². The molecule has 4 rings (SSSR count). The zero-order valence-corrected chi connectivity index (χ0v) is 16.7. The van der Waals surface area contributed by atoms with E-state index < -0.39 is 5.60 Å². The summed E-state index contributed by atoms with van der Waals surface area (Å²) in [6.45, 7) is 7.44. The summed E-state index contributed by atoms with van der Waals surface area (Å²) in [5.41, 5.74) is 5.42. The third-order valence-electron chi connectivity index (χ3n) is 5.73. The molecule has 0 radical (unpaired) electrons. The maximum Gasteiger partial charge on any atom is 0.294 e. The Hall–Kier alpha value is -2.76. The highest BCUT2D eigenvalue weighted by molar-refractivity contribution is 5.76. The van der Waals surface area contributed by atoms with Crippen molar-refractivity contribution in [3.05, 3.63) is 52.7 Å². The number of hydrogen-bond donors (Lipinski definition) is 0. The van der Waals surface area contributed by atoms with Crippen molar-refractivity contribution in [2.24, 2.45) is 0 Å². The van der Waals surface area contributed by atoms with Crippen LogP contribution in [-0.4, -0.2) is 26.0 Å². The summed E-state index contributed by atoms with van der Waals surface area (Å²) in [6, 6.07) is 6.15. The molecule has 0 bridgehead atoms. The molecule has 0 aromatic carbocycles. The lowest BCUT2D eigenvalue weighted by atomic mass is 9.96. The molecule has 0 saturated heterocycles. The van der Waals surface area contributed by atoms with E-state index in [1.807, 2.05) is 19.2 Å². The molecular formula is C22H26N4O2. The number of carbonyl (C=O) groups is 1. The molecule has 6 nitrogen and oxygen atoms in total. The van der Waals surface area contributed by atoms with Gasteiger partial charge in [0.1, 0.15) is 11.3 Å². The van der Waals surface area contributed by atoms with Crippen LogP contribution < -0.4 is 0 Å². The van der Waals surface area contributed by atoms with Crippen LogP contribution in [0.4, 0.5) is 0 Å². The van der Waals surface area contributed by atoms with Crippen LogP contribution in [-0.2, 0) is 28.1 Å². The standard InChI is InChI=1S/C22H26N4O2/c1-4-19-25-20-15(2)11-16(3)24-21(20)26(19)13-17-7-8-18(23-12-17)22(28-14-27)9-5-6-10-22/h7-8,11-12,14H,4-6,9-10,13H2,1-3H3. The molecule has 3 aromatic heterocycles. The van der Waals surface area contributed by atoms with E-state index in [1.165, 1.54) is 0 Å². The second kappa shape index (κ2) is 7.34. The Balaban J connectivity index is 1.67. The maximum atomic E-state index is 11.0. The van der Waals surface area contributed by atoms with Gasteiger partial charge in [-0.3, -0.25) is 9.78 Å². The number of aromatic nitrogens is 4. The van der Waals surface area contributed by atoms with Gasteiger partial charge in [0.05, 0.1) is 12.2 Å². The highest BCUT2D eigenvalue weighted by Gasteiger charge is 2.38. The zero-order valence-electron chi connectivity index (χ0n) is 16.7. The number of rotatable bonds is 6. The molecule has 1 fully saturated rings. The monoisotopic (exact) mass is 378 g/mol. The van der Waals surface area contributed by atoms with E-state index in [2.05, 4.69) is 35.5 Å². The van der Waals surface area contributed by atoms with Gasteiger partial charge in [-0.1, -0.05) is 13.0 Å². The minimum atomic E-state index is -0.549. The Morgan fingerprint density at radius 3 is 2.64 bits per heavy atom. The average molecular weight is 378 g/mol. The summed E-state index contributed by atoms with van der Waals surface area (Å²) in [7, 11) is 0. The largest absolute Gasteiger partial charge is 0.455 e. The molecule has 1 saturated carbocycles. The van der Waals surface area contributed by atoms with Crippen molar-refractivity contribution in [1.29, 1.82) is 0 Å². The lowest BCUT2D eigenvalue weighted by molar-refractivity contribution is -0.144. The van der Waals surface area contributed by atoms with Gasteiger partial charge in [0.15, 0.2) is 11.2 Å². The van der Waals surface area contributed by atoms with Gasteiger partial charge in [0.25, 0.3) is 6.47 Å². The Kier molecular flexibility index (Phi) is 4.87. The average Bonchev–Trinajstić information content (AvgIpc) is 3.29. The number of ether oxygens (including phenoxy) is 1. The van der Waals surface area contributed by atoms with E-state index >= 15 is 0 Å².